The number of rotatable bonds is 3. The van der Waals surface area contributed by atoms with E-state index in [4.69, 9.17) is 0 Å². The fourth-order valence-electron chi connectivity index (χ4n) is 2.24. The minimum absolute atomic E-state index is 0.379. The molecule has 0 radical (unpaired) electrons. The topological polar surface area (TPSA) is 55.3 Å². The molecule has 3 atom stereocenters. The largest absolute Gasteiger partial charge is 0.820 e. The van der Waals surface area contributed by atoms with Gasteiger partial charge in [-0.05, 0) is 30.6 Å². The molecule has 0 N–H and O–H groups in total. The molecule has 0 amide bonds. The maximum absolute atomic E-state index is 10.2. The van der Waals surface area contributed by atoms with E-state index in [0.717, 1.165) is 6.42 Å². The molecule has 0 aromatic heterocycles. The Bertz CT molecular complexity index is 193. The van der Waals surface area contributed by atoms with Gasteiger partial charge in [0.1, 0.15) is 0 Å². The summed E-state index contributed by atoms with van der Waals surface area (Å²) in [6.07, 6.45) is 6.73. The first-order valence-corrected chi connectivity index (χ1v) is 5.31. The van der Waals surface area contributed by atoms with Crippen LogP contribution in [0.4, 0.5) is 0 Å². The average Bonchev–Trinajstić information content (AvgIpc) is 2.60. The van der Waals surface area contributed by atoms with Crippen molar-refractivity contribution in [2.75, 3.05) is 6.61 Å². The molecule has 12 heavy (non-hydrogen) atoms. The summed E-state index contributed by atoms with van der Waals surface area (Å²) in [4.78, 5) is 20.3. The molecule has 0 heterocycles. The predicted octanol–water partition coefficient (Wildman–Crippen LogP) is 0.163. The first kappa shape index (κ1) is 8.64. The lowest BCUT2D eigenvalue weighted by atomic mass is 9.95. The summed E-state index contributed by atoms with van der Waals surface area (Å²) in [7, 11) is -2.65. The summed E-state index contributed by atoms with van der Waals surface area (Å²) in [5.41, 5.74) is 0. The van der Waals surface area contributed by atoms with E-state index in [2.05, 4.69) is 16.7 Å². The normalized spacial score (nSPS) is 38.4. The number of allylic oxidation sites excluding steroid dienone is 2. The summed E-state index contributed by atoms with van der Waals surface area (Å²) in [5.74, 6) is 1.70. The van der Waals surface area contributed by atoms with Crippen molar-refractivity contribution in [3.8, 4) is 0 Å². The second-order valence-electron chi connectivity index (χ2n) is 3.56. The van der Waals surface area contributed by atoms with Crippen LogP contribution >= 0.6 is 8.60 Å². The maximum Gasteiger partial charge on any atom is 0.0510 e. The molecular weight excluding hydrogens is 175 g/mol. The molecule has 3 nitrogen and oxygen atoms in total. The van der Waals surface area contributed by atoms with Gasteiger partial charge in [0.25, 0.3) is 0 Å². The molecule has 0 spiro atoms. The Morgan fingerprint density at radius 2 is 2.17 bits per heavy atom. The third-order valence-electron chi connectivity index (χ3n) is 2.81. The second-order valence-corrected chi connectivity index (χ2v) is 4.27. The van der Waals surface area contributed by atoms with Crippen LogP contribution in [0.5, 0.6) is 0 Å². The van der Waals surface area contributed by atoms with Gasteiger partial charge in [0.15, 0.2) is 0 Å². The quantitative estimate of drug-likeness (QED) is 0.466. The van der Waals surface area contributed by atoms with E-state index in [0.29, 0.717) is 24.4 Å². The lowest BCUT2D eigenvalue weighted by Crippen LogP contribution is -2.18. The molecule has 0 aromatic rings. The second kappa shape index (κ2) is 3.43. The zero-order chi connectivity index (χ0) is 8.55. The lowest BCUT2D eigenvalue weighted by molar-refractivity contribution is -0.319. The molecule has 1 fully saturated rings. The van der Waals surface area contributed by atoms with Crippen LogP contribution in [0.3, 0.4) is 0 Å². The molecule has 2 bridgehead atoms. The van der Waals surface area contributed by atoms with Gasteiger partial charge in [-0.2, -0.15) is 8.60 Å². The summed E-state index contributed by atoms with van der Waals surface area (Å²) < 4.78 is 4.60. The van der Waals surface area contributed by atoms with Crippen LogP contribution in [-0.2, 0) is 4.52 Å². The van der Waals surface area contributed by atoms with E-state index >= 15 is 0 Å². The van der Waals surface area contributed by atoms with Gasteiger partial charge in [-0.1, -0.05) is 12.2 Å². The van der Waals surface area contributed by atoms with Gasteiger partial charge in [0, 0.05) is 0 Å². The van der Waals surface area contributed by atoms with Gasteiger partial charge in [-0.15, -0.1) is 0 Å². The van der Waals surface area contributed by atoms with Gasteiger partial charge in [-0.3, -0.25) is 0 Å². The Balaban J connectivity index is 1.80. The molecule has 68 valence electrons. The maximum atomic E-state index is 10.2. The summed E-state index contributed by atoms with van der Waals surface area (Å²) in [5, 5.41) is 0. The SMILES string of the molecule is [O-]P([O-])OCC1CC2C=CC1C2. The third kappa shape index (κ3) is 1.69. The lowest BCUT2D eigenvalue weighted by Gasteiger charge is -2.31. The minimum Gasteiger partial charge on any atom is -0.820 e. The smallest absolute Gasteiger partial charge is 0.0510 e. The van der Waals surface area contributed by atoms with E-state index in [9.17, 15) is 9.79 Å². The monoisotopic (exact) mass is 186 g/mol. The third-order valence-corrected chi connectivity index (χ3v) is 3.17. The molecule has 2 aliphatic carbocycles. The van der Waals surface area contributed by atoms with E-state index in [1.807, 2.05) is 0 Å². The Hall–Kier alpha value is 0.0500. The Labute approximate surface area is 73.1 Å². The Kier molecular flexibility index (Phi) is 2.47. The van der Waals surface area contributed by atoms with Crippen LogP contribution in [0, 0.1) is 17.8 Å². The van der Waals surface area contributed by atoms with Gasteiger partial charge in [-0.25, -0.2) is 0 Å². The molecule has 0 aliphatic heterocycles. The van der Waals surface area contributed by atoms with Crippen LogP contribution in [0.1, 0.15) is 12.8 Å². The van der Waals surface area contributed by atoms with Gasteiger partial charge < -0.3 is 14.3 Å². The molecule has 3 unspecified atom stereocenters. The zero-order valence-corrected chi connectivity index (χ0v) is 7.57. The first-order valence-electron chi connectivity index (χ1n) is 4.21. The highest BCUT2D eigenvalue weighted by molar-refractivity contribution is 7.36. The molecule has 4 heteroatoms. The molecule has 0 saturated heterocycles. The predicted molar refractivity (Wildman–Crippen MR) is 41.7 cm³/mol. The highest BCUT2D eigenvalue weighted by Gasteiger charge is 2.35. The average molecular weight is 186 g/mol. The van der Waals surface area contributed by atoms with Gasteiger partial charge in [0.05, 0.1) is 6.61 Å². The zero-order valence-electron chi connectivity index (χ0n) is 6.68. The highest BCUT2D eigenvalue weighted by atomic mass is 31.2. The van der Waals surface area contributed by atoms with Crippen molar-refractivity contribution in [3.63, 3.8) is 0 Å². The van der Waals surface area contributed by atoms with Crippen molar-refractivity contribution >= 4 is 8.60 Å². The van der Waals surface area contributed by atoms with Crippen molar-refractivity contribution < 1.29 is 14.3 Å². The van der Waals surface area contributed by atoms with Crippen molar-refractivity contribution in [1.82, 2.24) is 0 Å². The summed E-state index contributed by atoms with van der Waals surface area (Å²) >= 11 is 0. The van der Waals surface area contributed by atoms with Crippen LogP contribution in [0.2, 0.25) is 0 Å². The Morgan fingerprint density at radius 3 is 2.67 bits per heavy atom. The number of hydrogen-bond acceptors (Lipinski definition) is 3. The van der Waals surface area contributed by atoms with Crippen molar-refractivity contribution in [2.24, 2.45) is 17.8 Å². The summed E-state index contributed by atoms with van der Waals surface area (Å²) in [6, 6.07) is 0. The molecule has 1 saturated carbocycles. The first-order chi connectivity index (χ1) is 5.75. The van der Waals surface area contributed by atoms with Gasteiger partial charge >= 0.3 is 0 Å². The molecule has 2 rings (SSSR count). The van der Waals surface area contributed by atoms with Crippen molar-refractivity contribution in [2.45, 2.75) is 12.8 Å². The van der Waals surface area contributed by atoms with Crippen LogP contribution in [0.25, 0.3) is 0 Å². The highest BCUT2D eigenvalue weighted by Crippen LogP contribution is 2.44. The van der Waals surface area contributed by atoms with E-state index in [-0.39, 0.29) is 0 Å². The fraction of sp³-hybridized carbons (Fsp3) is 0.750. The van der Waals surface area contributed by atoms with Crippen LogP contribution < -0.4 is 9.79 Å². The Morgan fingerprint density at radius 1 is 1.33 bits per heavy atom. The fourth-order valence-corrected chi connectivity index (χ4v) is 2.56. The number of hydrogen-bond donors (Lipinski definition) is 0. The van der Waals surface area contributed by atoms with E-state index in [1.165, 1.54) is 6.42 Å². The molecule has 0 aromatic carbocycles. The standard InChI is InChI=1S/C8H11O3P/c9-12(10)11-5-8-4-6-1-2-7(8)3-6/h1-2,6-8H,3-5H2/q-2. The van der Waals surface area contributed by atoms with E-state index in [1.54, 1.807) is 0 Å². The molecular formula is C8H11O3P-2. The van der Waals surface area contributed by atoms with Gasteiger partial charge in [0.2, 0.25) is 0 Å². The number of fused-ring (bicyclic) bond motifs is 2. The molecule has 2 aliphatic rings. The van der Waals surface area contributed by atoms with E-state index < -0.39 is 8.60 Å². The minimum atomic E-state index is -2.65. The summed E-state index contributed by atoms with van der Waals surface area (Å²) in [6.45, 7) is 0.379. The van der Waals surface area contributed by atoms with Crippen LogP contribution in [-0.4, -0.2) is 6.61 Å². The van der Waals surface area contributed by atoms with Crippen molar-refractivity contribution in [3.05, 3.63) is 12.2 Å². The van der Waals surface area contributed by atoms with Crippen molar-refractivity contribution in [1.29, 1.82) is 0 Å². The van der Waals surface area contributed by atoms with Crippen LogP contribution in [0.15, 0.2) is 12.2 Å².